The van der Waals surface area contributed by atoms with Crippen LogP contribution in [0.25, 0.3) is 16.5 Å². The van der Waals surface area contributed by atoms with E-state index in [4.69, 9.17) is 4.42 Å². The van der Waals surface area contributed by atoms with Gasteiger partial charge in [-0.1, -0.05) is 42.5 Å². The van der Waals surface area contributed by atoms with E-state index in [1.165, 1.54) is 17.9 Å². The first-order chi connectivity index (χ1) is 16.2. The number of rotatable bonds is 7. The number of aromatic nitrogens is 1. The third-order valence-corrected chi connectivity index (χ3v) is 6.36. The normalized spacial score (nSPS) is 15.4. The molecule has 0 bridgehead atoms. The highest BCUT2D eigenvalue weighted by Gasteiger charge is 2.25. The largest absolute Gasteiger partial charge is 0.464 e. The van der Waals surface area contributed by atoms with E-state index in [1.807, 2.05) is 48.5 Å². The van der Waals surface area contributed by atoms with E-state index in [-0.39, 0.29) is 17.5 Å². The van der Waals surface area contributed by atoms with Gasteiger partial charge in [0.05, 0.1) is 23.3 Å². The SMILES string of the molecule is O=C(c1ccccc1)C(CCN1CC=C(c2ccc(F)c3ccoc23)CC1)c1ccccn1. The smallest absolute Gasteiger partial charge is 0.171 e. The van der Waals surface area contributed by atoms with Crippen LogP contribution in [0.5, 0.6) is 0 Å². The van der Waals surface area contributed by atoms with Crippen molar-refractivity contribution in [3.8, 4) is 0 Å². The Morgan fingerprint density at radius 2 is 1.91 bits per heavy atom. The van der Waals surface area contributed by atoms with Gasteiger partial charge in [0.1, 0.15) is 11.4 Å². The average Bonchev–Trinajstić information content (AvgIpc) is 3.37. The van der Waals surface area contributed by atoms with E-state index < -0.39 is 0 Å². The fourth-order valence-electron chi connectivity index (χ4n) is 4.55. The van der Waals surface area contributed by atoms with Gasteiger partial charge in [-0.05, 0) is 55.3 Å². The van der Waals surface area contributed by atoms with Gasteiger partial charge in [0.15, 0.2) is 5.78 Å². The molecular formula is C28H25FN2O2. The van der Waals surface area contributed by atoms with E-state index in [9.17, 15) is 9.18 Å². The zero-order chi connectivity index (χ0) is 22.6. The molecule has 2 aromatic carbocycles. The molecule has 0 saturated heterocycles. The van der Waals surface area contributed by atoms with Crippen molar-refractivity contribution in [1.29, 1.82) is 0 Å². The number of hydrogen-bond acceptors (Lipinski definition) is 4. The lowest BCUT2D eigenvalue weighted by Crippen LogP contribution is -2.31. The number of furan rings is 1. The second-order valence-corrected chi connectivity index (χ2v) is 8.36. The molecular weight excluding hydrogens is 415 g/mol. The van der Waals surface area contributed by atoms with Crippen LogP contribution < -0.4 is 0 Å². The number of pyridine rings is 1. The summed E-state index contributed by atoms with van der Waals surface area (Å²) in [6.07, 6.45) is 7.02. The zero-order valence-electron chi connectivity index (χ0n) is 18.3. The predicted molar refractivity (Wildman–Crippen MR) is 128 cm³/mol. The number of benzene rings is 2. The highest BCUT2D eigenvalue weighted by molar-refractivity contribution is 6.00. The molecule has 2 aromatic heterocycles. The van der Waals surface area contributed by atoms with Crippen molar-refractivity contribution in [1.82, 2.24) is 9.88 Å². The highest BCUT2D eigenvalue weighted by Crippen LogP contribution is 2.32. The van der Waals surface area contributed by atoms with Crippen molar-refractivity contribution in [2.45, 2.75) is 18.8 Å². The van der Waals surface area contributed by atoms with Crippen LogP contribution in [0.15, 0.2) is 89.7 Å². The van der Waals surface area contributed by atoms with Gasteiger partial charge in [-0.2, -0.15) is 0 Å². The molecule has 4 aromatic rings. The van der Waals surface area contributed by atoms with Crippen LogP contribution in [0, 0.1) is 5.82 Å². The van der Waals surface area contributed by atoms with Gasteiger partial charge in [-0.15, -0.1) is 0 Å². The van der Waals surface area contributed by atoms with Gasteiger partial charge >= 0.3 is 0 Å². The Morgan fingerprint density at radius 3 is 2.67 bits per heavy atom. The summed E-state index contributed by atoms with van der Waals surface area (Å²) in [4.78, 5) is 20.1. The summed E-state index contributed by atoms with van der Waals surface area (Å²) in [5.41, 5.74) is 4.27. The Bertz CT molecular complexity index is 1280. The maximum absolute atomic E-state index is 14.0. The summed E-state index contributed by atoms with van der Waals surface area (Å²) in [5, 5.41) is 0.522. The molecule has 33 heavy (non-hydrogen) atoms. The van der Waals surface area contributed by atoms with E-state index in [0.717, 1.165) is 37.3 Å². The Kier molecular flexibility index (Phi) is 6.13. The van der Waals surface area contributed by atoms with Gasteiger partial charge < -0.3 is 4.42 Å². The van der Waals surface area contributed by atoms with Crippen LogP contribution in [0.2, 0.25) is 0 Å². The summed E-state index contributed by atoms with van der Waals surface area (Å²) >= 11 is 0. The van der Waals surface area contributed by atoms with Crippen molar-refractivity contribution in [2.75, 3.05) is 19.6 Å². The van der Waals surface area contributed by atoms with Crippen molar-refractivity contribution in [2.24, 2.45) is 0 Å². The van der Waals surface area contributed by atoms with Crippen molar-refractivity contribution >= 4 is 22.3 Å². The molecule has 0 N–H and O–H groups in total. The second kappa shape index (κ2) is 9.51. The first-order valence-corrected chi connectivity index (χ1v) is 11.3. The van der Waals surface area contributed by atoms with Crippen LogP contribution in [-0.2, 0) is 0 Å². The van der Waals surface area contributed by atoms with Gasteiger partial charge in [0, 0.05) is 30.4 Å². The van der Waals surface area contributed by atoms with E-state index in [1.54, 1.807) is 18.3 Å². The summed E-state index contributed by atoms with van der Waals surface area (Å²) in [7, 11) is 0. The Hall–Kier alpha value is -3.57. The van der Waals surface area contributed by atoms with Crippen LogP contribution >= 0.6 is 0 Å². The summed E-state index contributed by atoms with van der Waals surface area (Å²) < 4.78 is 19.6. The van der Waals surface area contributed by atoms with Crippen LogP contribution in [0.4, 0.5) is 4.39 Å². The molecule has 1 aliphatic heterocycles. The summed E-state index contributed by atoms with van der Waals surface area (Å²) in [6.45, 7) is 2.45. The third kappa shape index (κ3) is 4.50. The third-order valence-electron chi connectivity index (χ3n) is 6.36. The molecule has 1 atom stereocenters. The molecule has 0 aliphatic carbocycles. The van der Waals surface area contributed by atoms with Crippen LogP contribution in [-0.4, -0.2) is 35.3 Å². The molecule has 0 saturated carbocycles. The number of halogens is 1. The lowest BCUT2D eigenvalue weighted by Gasteiger charge is -2.28. The van der Waals surface area contributed by atoms with Gasteiger partial charge in [0.2, 0.25) is 0 Å². The van der Waals surface area contributed by atoms with Gasteiger partial charge in [0.25, 0.3) is 0 Å². The van der Waals surface area contributed by atoms with E-state index >= 15 is 0 Å². The van der Waals surface area contributed by atoms with Crippen LogP contribution in [0.3, 0.4) is 0 Å². The molecule has 3 heterocycles. The molecule has 1 aliphatic rings. The zero-order valence-corrected chi connectivity index (χ0v) is 18.3. The Labute approximate surface area is 192 Å². The molecule has 0 radical (unpaired) electrons. The predicted octanol–water partition coefficient (Wildman–Crippen LogP) is 6.11. The molecule has 1 unspecified atom stereocenters. The number of nitrogens with zero attached hydrogens (tertiary/aromatic N) is 2. The van der Waals surface area contributed by atoms with Crippen LogP contribution in [0.1, 0.15) is 40.4 Å². The standard InChI is InChI=1S/C28H25FN2O2/c29-25-10-9-22(28-23(25)14-19-33-28)20-11-16-31(17-12-20)18-13-24(26-8-4-5-15-30-26)27(32)21-6-2-1-3-7-21/h1-11,14-15,19,24H,12-13,16-18H2. The number of ketones is 1. The monoisotopic (exact) mass is 440 g/mol. The fourth-order valence-corrected chi connectivity index (χ4v) is 4.55. The molecule has 0 amide bonds. The number of fused-ring (bicyclic) bond motifs is 1. The summed E-state index contributed by atoms with van der Waals surface area (Å²) in [5.74, 6) is -0.433. The molecule has 5 heteroatoms. The topological polar surface area (TPSA) is 46.3 Å². The lowest BCUT2D eigenvalue weighted by atomic mass is 9.90. The maximum atomic E-state index is 14.0. The van der Waals surface area contributed by atoms with Crippen molar-refractivity contribution in [3.05, 3.63) is 108 Å². The quantitative estimate of drug-likeness (QED) is 0.325. The lowest BCUT2D eigenvalue weighted by molar-refractivity contribution is 0.0946. The number of carbonyl (C=O) groups is 1. The first-order valence-electron chi connectivity index (χ1n) is 11.3. The molecule has 166 valence electrons. The number of Topliss-reactive ketones (excluding diaryl/α,β-unsaturated/α-hetero) is 1. The minimum atomic E-state index is -0.279. The first kappa shape index (κ1) is 21.3. The van der Waals surface area contributed by atoms with Gasteiger partial charge in [-0.3, -0.25) is 14.7 Å². The number of carbonyl (C=O) groups excluding carboxylic acids is 1. The average molecular weight is 441 g/mol. The minimum Gasteiger partial charge on any atom is -0.464 e. The summed E-state index contributed by atoms with van der Waals surface area (Å²) in [6, 6.07) is 20.2. The number of hydrogen-bond donors (Lipinski definition) is 0. The fraction of sp³-hybridized carbons (Fsp3) is 0.214. The van der Waals surface area contributed by atoms with Gasteiger partial charge in [-0.25, -0.2) is 4.39 Å². The van der Waals surface area contributed by atoms with Crippen molar-refractivity contribution in [3.63, 3.8) is 0 Å². The molecule has 4 nitrogen and oxygen atoms in total. The molecule has 0 fully saturated rings. The van der Waals surface area contributed by atoms with E-state index in [0.29, 0.717) is 23.0 Å². The molecule has 0 spiro atoms. The molecule has 5 rings (SSSR count). The van der Waals surface area contributed by atoms with Crippen molar-refractivity contribution < 1.29 is 13.6 Å². The Balaban J connectivity index is 1.30. The minimum absolute atomic E-state index is 0.106. The van der Waals surface area contributed by atoms with E-state index in [2.05, 4.69) is 16.0 Å². The maximum Gasteiger partial charge on any atom is 0.171 e. The Morgan fingerprint density at radius 1 is 1.06 bits per heavy atom. The second-order valence-electron chi connectivity index (χ2n) is 8.36. The highest BCUT2D eigenvalue weighted by atomic mass is 19.1.